The van der Waals surface area contributed by atoms with Crippen molar-refractivity contribution in [2.45, 2.75) is 0 Å². The minimum absolute atomic E-state index is 0.367. The Morgan fingerprint density at radius 3 is 2.76 bits per heavy atom. The normalized spacial score (nSPS) is 11.2. The molecule has 2 aromatic carbocycles. The van der Waals surface area contributed by atoms with Crippen LogP contribution in [0.4, 0.5) is 5.13 Å². The van der Waals surface area contributed by atoms with Crippen LogP contribution in [0.5, 0.6) is 0 Å². The lowest BCUT2D eigenvalue weighted by Gasteiger charge is -2.06. The number of hydrogen-bond acceptors (Lipinski definition) is 6. The molecule has 4 rings (SSSR count). The van der Waals surface area contributed by atoms with Crippen molar-refractivity contribution in [3.05, 3.63) is 52.9 Å². The topological polar surface area (TPSA) is 82.0 Å². The summed E-state index contributed by atoms with van der Waals surface area (Å²) in [5.74, 6) is 0. The first kappa shape index (κ1) is 12.0. The molecule has 0 fully saturated rings. The summed E-state index contributed by atoms with van der Waals surface area (Å²) in [6, 6.07) is 13.1. The number of nitrogens with two attached hydrogens (primary N) is 1. The summed E-state index contributed by atoms with van der Waals surface area (Å²) in [7, 11) is 0. The van der Waals surface area contributed by atoms with E-state index in [-0.39, 0.29) is 0 Å². The van der Waals surface area contributed by atoms with Crippen LogP contribution in [0.2, 0.25) is 0 Å². The first-order chi connectivity index (χ1) is 10.2. The average molecular weight is 295 g/mol. The number of rotatable bonds is 1. The minimum Gasteiger partial charge on any atom is -0.423 e. The monoisotopic (exact) mass is 295 g/mol. The van der Waals surface area contributed by atoms with E-state index in [2.05, 4.69) is 10.2 Å². The number of nitrogens with zero attached hydrogens (tertiary/aromatic N) is 2. The van der Waals surface area contributed by atoms with E-state index in [9.17, 15) is 4.79 Å². The molecule has 0 spiro atoms. The molecule has 6 heteroatoms. The molecular weight excluding hydrogens is 286 g/mol. The van der Waals surface area contributed by atoms with E-state index in [0.717, 1.165) is 16.2 Å². The maximum Gasteiger partial charge on any atom is 0.336 e. The third kappa shape index (κ3) is 1.88. The second-order valence-electron chi connectivity index (χ2n) is 4.58. The van der Waals surface area contributed by atoms with Gasteiger partial charge in [0.25, 0.3) is 0 Å². The Morgan fingerprint density at radius 2 is 1.95 bits per heavy atom. The highest BCUT2D eigenvalue weighted by Crippen LogP contribution is 2.34. The molecule has 0 aliphatic heterocycles. The Kier molecular flexibility index (Phi) is 2.52. The Balaban J connectivity index is 2.23. The second kappa shape index (κ2) is 4.39. The van der Waals surface area contributed by atoms with E-state index in [1.807, 2.05) is 30.3 Å². The van der Waals surface area contributed by atoms with Gasteiger partial charge in [-0.1, -0.05) is 41.7 Å². The van der Waals surface area contributed by atoms with Gasteiger partial charge in [0.1, 0.15) is 5.58 Å². The molecule has 102 valence electrons. The molecular formula is C15H9N3O2S. The standard InChI is InChI=1S/C15H9N3O2S/c16-15-18-17-14(21-15)10-7-12(19)20-11-6-5-8-3-1-2-4-9(8)13(10)11/h1-7H,(H2,16,18). The lowest BCUT2D eigenvalue weighted by atomic mass is 10.0. The summed E-state index contributed by atoms with van der Waals surface area (Å²) in [5, 5.41) is 11.8. The second-order valence-corrected chi connectivity index (χ2v) is 5.59. The van der Waals surface area contributed by atoms with Gasteiger partial charge < -0.3 is 10.2 Å². The van der Waals surface area contributed by atoms with Gasteiger partial charge in [-0.05, 0) is 16.8 Å². The van der Waals surface area contributed by atoms with Crippen molar-refractivity contribution in [1.29, 1.82) is 0 Å². The molecule has 0 saturated heterocycles. The molecule has 0 aliphatic rings. The summed E-state index contributed by atoms with van der Waals surface area (Å²) in [5.41, 5.74) is 6.47. The van der Waals surface area contributed by atoms with Crippen molar-refractivity contribution in [3.63, 3.8) is 0 Å². The van der Waals surface area contributed by atoms with Crippen molar-refractivity contribution >= 4 is 38.2 Å². The maximum atomic E-state index is 11.8. The van der Waals surface area contributed by atoms with Gasteiger partial charge in [0.2, 0.25) is 5.13 Å². The third-order valence-corrected chi connectivity index (χ3v) is 4.09. The number of aromatic nitrogens is 2. The zero-order valence-electron chi connectivity index (χ0n) is 10.7. The molecule has 4 aromatic rings. The van der Waals surface area contributed by atoms with Crippen LogP contribution in [0.1, 0.15) is 0 Å². The zero-order chi connectivity index (χ0) is 14.4. The van der Waals surface area contributed by atoms with Gasteiger partial charge in [-0.2, -0.15) is 0 Å². The summed E-state index contributed by atoms with van der Waals surface area (Å²) in [4.78, 5) is 11.8. The maximum absolute atomic E-state index is 11.8. The van der Waals surface area contributed by atoms with E-state index < -0.39 is 5.63 Å². The summed E-state index contributed by atoms with van der Waals surface area (Å²) in [6.07, 6.45) is 0. The zero-order valence-corrected chi connectivity index (χ0v) is 11.6. The molecule has 21 heavy (non-hydrogen) atoms. The van der Waals surface area contributed by atoms with Crippen LogP contribution in [0.25, 0.3) is 32.3 Å². The number of anilines is 1. The molecule has 0 atom stereocenters. The highest BCUT2D eigenvalue weighted by molar-refractivity contribution is 7.18. The lowest BCUT2D eigenvalue weighted by molar-refractivity contribution is 0.562. The molecule has 0 bridgehead atoms. The molecule has 0 unspecified atom stereocenters. The highest BCUT2D eigenvalue weighted by Gasteiger charge is 2.14. The Bertz CT molecular complexity index is 1040. The van der Waals surface area contributed by atoms with E-state index in [0.29, 0.717) is 21.3 Å². The molecule has 2 heterocycles. The van der Waals surface area contributed by atoms with E-state index >= 15 is 0 Å². The van der Waals surface area contributed by atoms with E-state index in [1.165, 1.54) is 17.4 Å². The Labute approximate surface area is 122 Å². The summed E-state index contributed by atoms with van der Waals surface area (Å²) < 4.78 is 5.31. The van der Waals surface area contributed by atoms with Gasteiger partial charge in [-0.25, -0.2) is 4.79 Å². The Morgan fingerprint density at radius 1 is 1.10 bits per heavy atom. The quantitative estimate of drug-likeness (QED) is 0.431. The van der Waals surface area contributed by atoms with Gasteiger partial charge in [-0.15, -0.1) is 10.2 Å². The summed E-state index contributed by atoms with van der Waals surface area (Å²) in [6.45, 7) is 0. The van der Waals surface area contributed by atoms with Crippen LogP contribution < -0.4 is 11.4 Å². The van der Waals surface area contributed by atoms with Crippen LogP contribution in [-0.2, 0) is 0 Å². The molecule has 2 aromatic heterocycles. The minimum atomic E-state index is -0.415. The van der Waals surface area contributed by atoms with E-state index in [1.54, 1.807) is 6.07 Å². The molecule has 0 saturated carbocycles. The third-order valence-electron chi connectivity index (χ3n) is 3.30. The number of benzene rings is 2. The van der Waals surface area contributed by atoms with Gasteiger partial charge in [0.05, 0.1) is 0 Å². The van der Waals surface area contributed by atoms with Gasteiger partial charge in [0, 0.05) is 17.0 Å². The fraction of sp³-hybridized carbons (Fsp3) is 0. The fourth-order valence-electron chi connectivity index (χ4n) is 2.45. The summed E-state index contributed by atoms with van der Waals surface area (Å²) >= 11 is 1.25. The molecule has 0 aliphatic carbocycles. The fourth-order valence-corrected chi connectivity index (χ4v) is 3.09. The Hall–Kier alpha value is -2.73. The van der Waals surface area contributed by atoms with Gasteiger partial charge in [0.15, 0.2) is 5.01 Å². The molecule has 2 N–H and O–H groups in total. The van der Waals surface area contributed by atoms with Crippen LogP contribution in [0.15, 0.2) is 51.7 Å². The molecule has 5 nitrogen and oxygen atoms in total. The predicted molar refractivity (Wildman–Crippen MR) is 83.3 cm³/mol. The smallest absolute Gasteiger partial charge is 0.336 e. The van der Waals surface area contributed by atoms with Crippen LogP contribution in [-0.4, -0.2) is 10.2 Å². The number of nitrogen functional groups attached to an aromatic ring is 1. The van der Waals surface area contributed by atoms with Crippen LogP contribution in [0.3, 0.4) is 0 Å². The van der Waals surface area contributed by atoms with Crippen molar-refractivity contribution < 1.29 is 4.42 Å². The number of hydrogen-bond donors (Lipinski definition) is 1. The van der Waals surface area contributed by atoms with Crippen molar-refractivity contribution in [2.24, 2.45) is 0 Å². The number of fused-ring (bicyclic) bond motifs is 3. The highest BCUT2D eigenvalue weighted by atomic mass is 32.1. The van der Waals surface area contributed by atoms with Gasteiger partial charge in [-0.3, -0.25) is 0 Å². The van der Waals surface area contributed by atoms with Crippen molar-refractivity contribution in [3.8, 4) is 10.6 Å². The van der Waals surface area contributed by atoms with Gasteiger partial charge >= 0.3 is 5.63 Å². The van der Waals surface area contributed by atoms with Crippen molar-refractivity contribution in [1.82, 2.24) is 10.2 Å². The SMILES string of the molecule is Nc1nnc(-c2cc(=O)oc3ccc4ccccc4c23)s1. The van der Waals surface area contributed by atoms with E-state index in [4.69, 9.17) is 10.2 Å². The largest absolute Gasteiger partial charge is 0.423 e. The first-order valence-electron chi connectivity index (χ1n) is 6.27. The molecule has 0 radical (unpaired) electrons. The van der Waals surface area contributed by atoms with Crippen LogP contribution >= 0.6 is 11.3 Å². The van der Waals surface area contributed by atoms with Crippen LogP contribution in [0, 0.1) is 0 Å². The first-order valence-corrected chi connectivity index (χ1v) is 7.09. The van der Waals surface area contributed by atoms with Crippen molar-refractivity contribution in [2.75, 3.05) is 5.73 Å². The average Bonchev–Trinajstić information content (AvgIpc) is 2.92. The lowest BCUT2D eigenvalue weighted by Crippen LogP contribution is -1.98. The predicted octanol–water partition coefficient (Wildman–Crippen LogP) is 3.05. The molecule has 0 amide bonds.